The van der Waals surface area contributed by atoms with E-state index < -0.39 is 5.72 Å². The molecule has 2 aromatic carbocycles. The Morgan fingerprint density at radius 3 is 2.91 bits per heavy atom. The topological polar surface area (TPSA) is 24.5 Å². The summed E-state index contributed by atoms with van der Waals surface area (Å²) in [5.74, 6) is 0.906. The van der Waals surface area contributed by atoms with Crippen LogP contribution in [0.1, 0.15) is 24.9 Å². The molecule has 0 radical (unpaired) electrons. The second-order valence-corrected chi connectivity index (χ2v) is 6.66. The van der Waals surface area contributed by atoms with E-state index in [1.165, 1.54) is 0 Å². The van der Waals surface area contributed by atoms with Gasteiger partial charge in [-0.2, -0.15) is 0 Å². The molecular weight excluding hydrogens is 316 g/mol. The van der Waals surface area contributed by atoms with Crippen LogP contribution in [-0.2, 0) is 0 Å². The molecule has 1 N–H and O–H groups in total. The van der Waals surface area contributed by atoms with Crippen LogP contribution < -0.4 is 15.0 Å². The SMILES string of the molecule is C[C@@]12C[C@@H](NC(=S)N1c1cccc(Cl)c1)c1ccccc1O2. The highest BCUT2D eigenvalue weighted by Gasteiger charge is 2.48. The molecule has 0 spiro atoms. The Hall–Kier alpha value is -1.78. The van der Waals surface area contributed by atoms with Gasteiger partial charge in [-0.05, 0) is 43.4 Å². The molecular formula is C17H15ClN2OS. The van der Waals surface area contributed by atoms with Crippen molar-refractivity contribution in [1.29, 1.82) is 0 Å². The number of anilines is 1. The summed E-state index contributed by atoms with van der Waals surface area (Å²) in [6.45, 7) is 2.07. The lowest BCUT2D eigenvalue weighted by molar-refractivity contribution is 0.0498. The maximum absolute atomic E-state index is 6.32. The third kappa shape index (κ3) is 2.06. The van der Waals surface area contributed by atoms with Crippen molar-refractivity contribution in [1.82, 2.24) is 5.32 Å². The third-order valence-electron chi connectivity index (χ3n) is 4.25. The Kier molecular flexibility index (Phi) is 3.06. The van der Waals surface area contributed by atoms with E-state index in [9.17, 15) is 0 Å². The van der Waals surface area contributed by atoms with E-state index in [-0.39, 0.29) is 6.04 Å². The molecule has 2 heterocycles. The first-order valence-corrected chi connectivity index (χ1v) is 8.00. The minimum absolute atomic E-state index is 0.179. The number of fused-ring (bicyclic) bond motifs is 4. The number of benzene rings is 2. The summed E-state index contributed by atoms with van der Waals surface area (Å²) in [6.07, 6.45) is 0.816. The lowest BCUT2D eigenvalue weighted by Gasteiger charge is -2.52. The fourth-order valence-electron chi connectivity index (χ4n) is 3.33. The van der Waals surface area contributed by atoms with Crippen LogP contribution >= 0.6 is 23.8 Å². The van der Waals surface area contributed by atoms with E-state index in [2.05, 4.69) is 18.3 Å². The van der Waals surface area contributed by atoms with Gasteiger partial charge in [0.25, 0.3) is 0 Å². The van der Waals surface area contributed by atoms with E-state index in [4.69, 9.17) is 28.6 Å². The number of halogens is 1. The quantitative estimate of drug-likeness (QED) is 0.789. The van der Waals surface area contributed by atoms with Crippen LogP contribution in [0.25, 0.3) is 0 Å². The van der Waals surface area contributed by atoms with Crippen LogP contribution in [0.5, 0.6) is 5.75 Å². The first kappa shape index (κ1) is 13.9. The Labute approximate surface area is 139 Å². The van der Waals surface area contributed by atoms with Gasteiger partial charge in [0.05, 0.1) is 6.04 Å². The van der Waals surface area contributed by atoms with Gasteiger partial charge in [-0.15, -0.1) is 0 Å². The fraction of sp³-hybridized carbons (Fsp3) is 0.235. The second-order valence-electron chi connectivity index (χ2n) is 5.84. The van der Waals surface area contributed by atoms with E-state index in [1.54, 1.807) is 0 Å². The van der Waals surface area contributed by atoms with Crippen LogP contribution in [0, 0.1) is 0 Å². The number of thiocarbonyl (C=S) groups is 1. The Bertz CT molecular complexity index is 766. The summed E-state index contributed by atoms with van der Waals surface area (Å²) in [7, 11) is 0. The van der Waals surface area contributed by atoms with Gasteiger partial charge in [0, 0.05) is 22.7 Å². The van der Waals surface area contributed by atoms with Crippen molar-refractivity contribution in [2.75, 3.05) is 4.90 Å². The smallest absolute Gasteiger partial charge is 0.188 e. The Morgan fingerprint density at radius 2 is 2.09 bits per heavy atom. The minimum atomic E-state index is -0.522. The predicted molar refractivity (Wildman–Crippen MR) is 92.5 cm³/mol. The average Bonchev–Trinajstić information content (AvgIpc) is 2.46. The van der Waals surface area contributed by atoms with Crippen LogP contribution in [0.3, 0.4) is 0 Å². The molecule has 5 heteroatoms. The van der Waals surface area contributed by atoms with Crippen LogP contribution in [-0.4, -0.2) is 10.8 Å². The lowest BCUT2D eigenvalue weighted by atomic mass is 9.90. The molecule has 2 aromatic rings. The highest BCUT2D eigenvalue weighted by molar-refractivity contribution is 7.80. The standard InChI is InChI=1S/C17H15ClN2OS/c1-17-10-14(13-7-2-3-8-15(13)21-17)19-16(22)20(17)12-6-4-5-11(18)9-12/h2-9,14H,10H2,1H3,(H,19,22)/t14-,17-/m1/s1. The highest BCUT2D eigenvalue weighted by atomic mass is 35.5. The zero-order valence-electron chi connectivity index (χ0n) is 12.0. The number of nitrogens with one attached hydrogen (secondary N) is 1. The summed E-state index contributed by atoms with van der Waals surface area (Å²) >= 11 is 11.7. The van der Waals surface area contributed by atoms with Crippen molar-refractivity contribution >= 4 is 34.6 Å². The largest absolute Gasteiger partial charge is 0.467 e. The van der Waals surface area contributed by atoms with Crippen LogP contribution in [0.2, 0.25) is 5.02 Å². The van der Waals surface area contributed by atoms with Gasteiger partial charge in [-0.3, -0.25) is 4.90 Å². The third-order valence-corrected chi connectivity index (χ3v) is 4.78. The normalized spacial score (nSPS) is 26.0. The van der Waals surface area contributed by atoms with E-state index in [0.717, 1.165) is 23.4 Å². The van der Waals surface area contributed by atoms with E-state index in [0.29, 0.717) is 10.1 Å². The summed E-state index contributed by atoms with van der Waals surface area (Å²) in [4.78, 5) is 2.01. The van der Waals surface area contributed by atoms with Crippen LogP contribution in [0.4, 0.5) is 5.69 Å². The molecule has 2 aliphatic rings. The van der Waals surface area contributed by atoms with Crippen molar-refractivity contribution in [2.45, 2.75) is 25.1 Å². The molecule has 2 aliphatic heterocycles. The van der Waals surface area contributed by atoms with Gasteiger partial charge in [-0.25, -0.2) is 0 Å². The number of para-hydroxylation sites is 1. The minimum Gasteiger partial charge on any atom is -0.467 e. The summed E-state index contributed by atoms with van der Waals surface area (Å²) < 4.78 is 6.32. The first-order chi connectivity index (χ1) is 10.6. The summed E-state index contributed by atoms with van der Waals surface area (Å²) in [6, 6.07) is 16.0. The molecule has 1 fully saturated rings. The maximum atomic E-state index is 6.32. The van der Waals surface area contributed by atoms with Crippen LogP contribution in [0.15, 0.2) is 48.5 Å². The van der Waals surface area contributed by atoms with E-state index >= 15 is 0 Å². The monoisotopic (exact) mass is 330 g/mol. The second kappa shape index (κ2) is 4.86. The number of rotatable bonds is 1. The van der Waals surface area contributed by atoms with Gasteiger partial charge in [0.15, 0.2) is 10.8 Å². The molecule has 0 aliphatic carbocycles. The number of nitrogens with zero attached hydrogens (tertiary/aromatic N) is 1. The average molecular weight is 331 g/mol. The Morgan fingerprint density at radius 1 is 1.27 bits per heavy atom. The highest BCUT2D eigenvalue weighted by Crippen LogP contribution is 2.45. The summed E-state index contributed by atoms with van der Waals surface area (Å²) in [5, 5.41) is 4.78. The van der Waals surface area contributed by atoms with Crippen molar-refractivity contribution in [3.63, 3.8) is 0 Å². The molecule has 0 unspecified atom stereocenters. The van der Waals surface area contributed by atoms with E-state index in [1.807, 2.05) is 47.4 Å². The number of hydrogen-bond acceptors (Lipinski definition) is 2. The maximum Gasteiger partial charge on any atom is 0.188 e. The molecule has 1 saturated heterocycles. The van der Waals surface area contributed by atoms with Gasteiger partial charge in [0.2, 0.25) is 0 Å². The lowest BCUT2D eigenvalue weighted by Crippen LogP contribution is -2.65. The number of hydrogen-bond donors (Lipinski definition) is 1. The zero-order valence-corrected chi connectivity index (χ0v) is 13.6. The molecule has 0 saturated carbocycles. The number of ether oxygens (including phenoxy) is 1. The molecule has 0 aromatic heterocycles. The zero-order chi connectivity index (χ0) is 15.3. The van der Waals surface area contributed by atoms with Crippen molar-refractivity contribution < 1.29 is 4.74 Å². The Balaban J connectivity index is 1.82. The van der Waals surface area contributed by atoms with Gasteiger partial charge < -0.3 is 10.1 Å². The van der Waals surface area contributed by atoms with Crippen molar-refractivity contribution in [3.8, 4) is 5.75 Å². The van der Waals surface area contributed by atoms with Gasteiger partial charge in [-0.1, -0.05) is 35.9 Å². The first-order valence-electron chi connectivity index (χ1n) is 7.21. The molecule has 0 amide bonds. The molecule has 2 atom stereocenters. The molecule has 22 heavy (non-hydrogen) atoms. The molecule has 2 bridgehead atoms. The molecule has 4 rings (SSSR count). The molecule has 3 nitrogen and oxygen atoms in total. The van der Waals surface area contributed by atoms with Gasteiger partial charge in [0.1, 0.15) is 5.75 Å². The van der Waals surface area contributed by atoms with Crippen molar-refractivity contribution in [3.05, 3.63) is 59.1 Å². The summed E-state index contributed by atoms with van der Waals surface area (Å²) in [5.41, 5.74) is 1.57. The predicted octanol–water partition coefficient (Wildman–Crippen LogP) is 4.27. The molecule has 112 valence electrons. The van der Waals surface area contributed by atoms with Gasteiger partial charge >= 0.3 is 0 Å². The fourth-order valence-corrected chi connectivity index (χ4v) is 3.95. The van der Waals surface area contributed by atoms with Crippen molar-refractivity contribution in [2.24, 2.45) is 0 Å².